The first-order valence-electron chi connectivity index (χ1n) is 6.27. The number of amidine groups is 1. The molecule has 92 valence electrons. The van der Waals surface area contributed by atoms with Gasteiger partial charge in [0.15, 0.2) is 5.17 Å². The number of hydrogen-bond donors (Lipinski definition) is 1. The van der Waals surface area contributed by atoms with Crippen LogP contribution >= 0.6 is 11.8 Å². The zero-order valence-electron chi connectivity index (χ0n) is 10.7. The number of thioether (sulfide) groups is 1. The van der Waals surface area contributed by atoms with Crippen molar-refractivity contribution in [2.75, 3.05) is 5.32 Å². The highest BCUT2D eigenvalue weighted by Gasteiger charge is 2.18. The molecule has 1 aromatic carbocycles. The van der Waals surface area contributed by atoms with Crippen molar-refractivity contribution in [3.8, 4) is 0 Å². The smallest absolute Gasteiger partial charge is 0.161 e. The predicted octanol–water partition coefficient (Wildman–Crippen LogP) is 3.93. The Hall–Kier alpha value is -0.960. The number of nitrogens with zero attached hydrogens (tertiary/aromatic N) is 1. The third-order valence-electron chi connectivity index (χ3n) is 2.94. The minimum Gasteiger partial charge on any atom is -0.335 e. The molecule has 0 aromatic heterocycles. The van der Waals surface area contributed by atoms with Gasteiger partial charge in [-0.2, -0.15) is 0 Å². The van der Waals surface area contributed by atoms with Gasteiger partial charge >= 0.3 is 0 Å². The minimum atomic E-state index is 0.434. The van der Waals surface area contributed by atoms with E-state index in [4.69, 9.17) is 0 Å². The number of aliphatic imine (C=N–C) groups is 1. The van der Waals surface area contributed by atoms with Gasteiger partial charge in [0.1, 0.15) is 0 Å². The van der Waals surface area contributed by atoms with Gasteiger partial charge in [0, 0.05) is 10.9 Å². The average Bonchev–Trinajstić information content (AvgIpc) is 2.28. The van der Waals surface area contributed by atoms with Gasteiger partial charge in [-0.05, 0) is 37.5 Å². The fraction of sp³-hybridized carbons (Fsp3) is 0.500. The maximum atomic E-state index is 4.64. The van der Waals surface area contributed by atoms with Gasteiger partial charge in [0.25, 0.3) is 0 Å². The van der Waals surface area contributed by atoms with E-state index in [0.717, 1.165) is 17.3 Å². The molecule has 1 N–H and O–H groups in total. The molecule has 0 saturated heterocycles. The van der Waals surface area contributed by atoms with E-state index in [0.29, 0.717) is 11.3 Å². The number of rotatable bonds is 2. The summed E-state index contributed by atoms with van der Waals surface area (Å²) >= 11 is 1.83. The molecule has 2 rings (SSSR count). The molecule has 0 spiro atoms. The van der Waals surface area contributed by atoms with Crippen LogP contribution in [0, 0.1) is 0 Å². The molecular weight excluding hydrogens is 228 g/mol. The lowest BCUT2D eigenvalue weighted by molar-refractivity contribution is 0.661. The minimum absolute atomic E-state index is 0.434. The van der Waals surface area contributed by atoms with E-state index < -0.39 is 0 Å². The molecule has 0 aliphatic carbocycles. The summed E-state index contributed by atoms with van der Waals surface area (Å²) in [6, 6.07) is 9.04. The van der Waals surface area contributed by atoms with Gasteiger partial charge in [-0.3, -0.25) is 4.99 Å². The third-order valence-corrected chi connectivity index (χ3v) is 3.96. The van der Waals surface area contributed by atoms with E-state index in [2.05, 4.69) is 55.3 Å². The van der Waals surface area contributed by atoms with Gasteiger partial charge in [-0.15, -0.1) is 0 Å². The summed E-state index contributed by atoms with van der Waals surface area (Å²) in [7, 11) is 0. The molecule has 3 heteroatoms. The first-order valence-corrected chi connectivity index (χ1v) is 7.15. The Bertz CT molecular complexity index is 397. The zero-order chi connectivity index (χ0) is 12.3. The van der Waals surface area contributed by atoms with E-state index in [9.17, 15) is 0 Å². The van der Waals surface area contributed by atoms with E-state index >= 15 is 0 Å². The molecular formula is C14H20N2S. The Kier molecular flexibility index (Phi) is 4.11. The molecule has 1 aliphatic heterocycles. The Morgan fingerprint density at radius 3 is 2.59 bits per heavy atom. The number of nitrogens with one attached hydrogen (secondary N) is 1. The molecule has 2 unspecified atom stereocenters. The van der Waals surface area contributed by atoms with Gasteiger partial charge < -0.3 is 5.32 Å². The number of anilines is 1. The molecule has 17 heavy (non-hydrogen) atoms. The maximum absolute atomic E-state index is 4.64. The summed E-state index contributed by atoms with van der Waals surface area (Å²) < 4.78 is 0. The maximum Gasteiger partial charge on any atom is 0.161 e. The van der Waals surface area contributed by atoms with Gasteiger partial charge in [-0.1, -0.05) is 37.7 Å². The lowest BCUT2D eigenvalue weighted by Crippen LogP contribution is -2.22. The molecule has 1 aliphatic rings. The largest absolute Gasteiger partial charge is 0.335 e. The monoisotopic (exact) mass is 248 g/mol. The Labute approximate surface area is 108 Å². The molecule has 1 heterocycles. The normalized spacial score (nSPS) is 24.3. The quantitative estimate of drug-likeness (QED) is 0.857. The van der Waals surface area contributed by atoms with Crippen LogP contribution in [0.2, 0.25) is 0 Å². The van der Waals surface area contributed by atoms with Crippen LogP contribution in [-0.4, -0.2) is 16.5 Å². The molecule has 0 bridgehead atoms. The van der Waals surface area contributed by atoms with Crippen LogP contribution in [-0.2, 0) is 6.42 Å². The van der Waals surface area contributed by atoms with Crippen molar-refractivity contribution < 1.29 is 0 Å². The zero-order valence-corrected chi connectivity index (χ0v) is 11.6. The second-order valence-electron chi connectivity index (χ2n) is 4.62. The average molecular weight is 248 g/mol. The lowest BCUT2D eigenvalue weighted by Gasteiger charge is -2.23. The molecule has 0 amide bonds. The first kappa shape index (κ1) is 12.5. The van der Waals surface area contributed by atoms with Gasteiger partial charge in [0.2, 0.25) is 0 Å². The second-order valence-corrected chi connectivity index (χ2v) is 6.05. The van der Waals surface area contributed by atoms with E-state index in [-0.39, 0.29) is 0 Å². The highest BCUT2D eigenvalue weighted by molar-refractivity contribution is 8.14. The van der Waals surface area contributed by atoms with E-state index in [1.165, 1.54) is 12.0 Å². The number of aryl methyl sites for hydroxylation is 1. The molecule has 0 fully saturated rings. The Morgan fingerprint density at radius 1 is 1.29 bits per heavy atom. The van der Waals surface area contributed by atoms with Crippen molar-refractivity contribution in [3.05, 3.63) is 29.8 Å². The molecule has 0 radical (unpaired) electrons. The Balaban J connectivity index is 2.04. The summed E-state index contributed by atoms with van der Waals surface area (Å²) in [6.45, 7) is 6.61. The molecule has 1 aromatic rings. The van der Waals surface area contributed by atoms with Gasteiger partial charge in [-0.25, -0.2) is 0 Å². The van der Waals surface area contributed by atoms with Crippen LogP contribution in [0.25, 0.3) is 0 Å². The van der Waals surface area contributed by atoms with Crippen LogP contribution in [0.5, 0.6) is 0 Å². The topological polar surface area (TPSA) is 24.4 Å². The van der Waals surface area contributed by atoms with Crippen molar-refractivity contribution >= 4 is 22.6 Å². The van der Waals surface area contributed by atoms with Crippen LogP contribution < -0.4 is 5.32 Å². The highest BCUT2D eigenvalue weighted by atomic mass is 32.2. The number of benzene rings is 1. The first-order chi connectivity index (χ1) is 8.17. The van der Waals surface area contributed by atoms with Crippen molar-refractivity contribution in [2.45, 2.75) is 44.9 Å². The number of hydrogen-bond acceptors (Lipinski definition) is 3. The fourth-order valence-electron chi connectivity index (χ4n) is 2.01. The van der Waals surface area contributed by atoms with Crippen molar-refractivity contribution in [1.82, 2.24) is 0 Å². The molecule has 0 saturated carbocycles. The molecule has 2 atom stereocenters. The van der Waals surface area contributed by atoms with Crippen LogP contribution in [0.1, 0.15) is 32.8 Å². The third kappa shape index (κ3) is 3.50. The van der Waals surface area contributed by atoms with E-state index in [1.807, 2.05) is 11.8 Å². The summed E-state index contributed by atoms with van der Waals surface area (Å²) in [5.41, 5.74) is 2.50. The highest BCUT2D eigenvalue weighted by Crippen LogP contribution is 2.26. The van der Waals surface area contributed by atoms with Crippen LogP contribution in [0.15, 0.2) is 29.3 Å². The summed E-state index contributed by atoms with van der Waals surface area (Å²) in [5.74, 6) is 0. The SMILES string of the molecule is CCc1ccc(NC2=NC(C)CC(C)S2)cc1. The van der Waals surface area contributed by atoms with Crippen molar-refractivity contribution in [2.24, 2.45) is 4.99 Å². The molecule has 2 nitrogen and oxygen atoms in total. The van der Waals surface area contributed by atoms with Crippen molar-refractivity contribution in [1.29, 1.82) is 0 Å². The summed E-state index contributed by atoms with van der Waals surface area (Å²) in [5, 5.41) is 5.11. The standard InChI is InChI=1S/C14H20N2S/c1-4-12-5-7-13(8-6-12)16-14-15-10(2)9-11(3)17-14/h5-8,10-11H,4,9H2,1-3H3,(H,15,16). The van der Waals surface area contributed by atoms with Gasteiger partial charge in [0.05, 0.1) is 6.04 Å². The fourth-order valence-corrected chi connectivity index (χ4v) is 3.18. The second kappa shape index (κ2) is 5.58. The van der Waals surface area contributed by atoms with E-state index in [1.54, 1.807) is 0 Å². The van der Waals surface area contributed by atoms with Crippen LogP contribution in [0.4, 0.5) is 5.69 Å². The predicted molar refractivity (Wildman–Crippen MR) is 78.0 cm³/mol. The Morgan fingerprint density at radius 2 is 2.00 bits per heavy atom. The van der Waals surface area contributed by atoms with Crippen LogP contribution in [0.3, 0.4) is 0 Å². The van der Waals surface area contributed by atoms with Crippen molar-refractivity contribution in [3.63, 3.8) is 0 Å². The lowest BCUT2D eigenvalue weighted by atomic mass is 10.1. The summed E-state index contributed by atoms with van der Waals surface area (Å²) in [6.07, 6.45) is 2.26. The summed E-state index contributed by atoms with van der Waals surface area (Å²) in [4.78, 5) is 4.64.